The van der Waals surface area contributed by atoms with Crippen LogP contribution in [0.3, 0.4) is 0 Å². The van der Waals surface area contributed by atoms with Gasteiger partial charge in [-0.25, -0.2) is 0 Å². The van der Waals surface area contributed by atoms with Crippen molar-refractivity contribution in [1.82, 2.24) is 0 Å². The zero-order chi connectivity index (χ0) is 43.8. The Balaban J connectivity index is 4.26. The van der Waals surface area contributed by atoms with Gasteiger partial charge in [-0.1, -0.05) is 265 Å². The molecule has 0 saturated heterocycles. The van der Waals surface area contributed by atoms with E-state index in [2.05, 4.69) is 27.7 Å². The monoisotopic (exact) mass is 849 g/mol. The van der Waals surface area contributed by atoms with Crippen LogP contribution in [0.15, 0.2) is 0 Å². The second-order valence-electron chi connectivity index (χ2n) is 19.0. The van der Waals surface area contributed by atoms with Gasteiger partial charge in [0.25, 0.3) is 0 Å². The van der Waals surface area contributed by atoms with Gasteiger partial charge in [0.05, 0.1) is 0 Å². The van der Waals surface area contributed by atoms with Crippen LogP contribution in [-0.4, -0.2) is 37.2 Å². The summed E-state index contributed by atoms with van der Waals surface area (Å²) < 4.78 is 16.8. The molecule has 0 amide bonds. The molecule has 0 aromatic rings. The van der Waals surface area contributed by atoms with Crippen LogP contribution < -0.4 is 0 Å². The Labute approximate surface area is 374 Å². The Bertz CT molecular complexity index is 903. The molecule has 6 nitrogen and oxygen atoms in total. The third kappa shape index (κ3) is 47.5. The summed E-state index contributed by atoms with van der Waals surface area (Å²) in [5.74, 6) is -0.0633. The summed E-state index contributed by atoms with van der Waals surface area (Å²) in [5.41, 5.74) is 0. The fourth-order valence-electron chi connectivity index (χ4n) is 8.22. The summed E-state index contributed by atoms with van der Waals surface area (Å²) in [4.78, 5) is 37.9. The number of hydrogen-bond donors (Lipinski definition) is 0. The molecule has 60 heavy (non-hydrogen) atoms. The molecule has 0 N–H and O–H groups in total. The van der Waals surface area contributed by atoms with Crippen molar-refractivity contribution in [2.45, 2.75) is 310 Å². The van der Waals surface area contributed by atoms with Crippen LogP contribution in [0.25, 0.3) is 0 Å². The number of ether oxygens (including phenoxy) is 3. The van der Waals surface area contributed by atoms with Crippen LogP contribution in [-0.2, 0) is 28.6 Å². The summed E-state index contributed by atoms with van der Waals surface area (Å²) in [6, 6.07) is 0. The van der Waals surface area contributed by atoms with Gasteiger partial charge in [0.2, 0.25) is 0 Å². The number of hydrogen-bond acceptors (Lipinski definition) is 6. The lowest BCUT2D eigenvalue weighted by Gasteiger charge is -2.18. The van der Waals surface area contributed by atoms with Crippen LogP contribution in [0.4, 0.5) is 0 Å². The Kier molecular flexibility index (Phi) is 47.2. The first kappa shape index (κ1) is 58.4. The molecular weight excluding hydrogens is 745 g/mol. The fraction of sp³-hybridized carbons (Fsp3) is 0.944. The minimum Gasteiger partial charge on any atom is -0.462 e. The molecule has 0 bridgehead atoms. The first-order valence-electron chi connectivity index (χ1n) is 26.9. The van der Waals surface area contributed by atoms with Crippen molar-refractivity contribution >= 4 is 17.9 Å². The Morgan fingerprint density at radius 2 is 0.550 bits per heavy atom. The normalized spacial score (nSPS) is 11.9. The van der Waals surface area contributed by atoms with Crippen molar-refractivity contribution in [3.63, 3.8) is 0 Å². The van der Waals surface area contributed by atoms with Crippen LogP contribution in [0.2, 0.25) is 0 Å². The summed E-state index contributed by atoms with van der Waals surface area (Å²) in [6.45, 7) is 8.99. The fourth-order valence-corrected chi connectivity index (χ4v) is 8.22. The second kappa shape index (κ2) is 48.4. The van der Waals surface area contributed by atoms with E-state index in [1.54, 1.807) is 0 Å². The number of rotatable bonds is 49. The van der Waals surface area contributed by atoms with Gasteiger partial charge in [-0.3, -0.25) is 14.4 Å². The molecule has 0 radical (unpaired) electrons. The molecule has 0 spiro atoms. The topological polar surface area (TPSA) is 78.9 Å². The van der Waals surface area contributed by atoms with E-state index in [0.29, 0.717) is 19.3 Å². The maximum atomic E-state index is 12.8. The van der Waals surface area contributed by atoms with Gasteiger partial charge in [0.15, 0.2) is 6.10 Å². The molecule has 0 aliphatic heterocycles. The Morgan fingerprint density at radius 1 is 0.317 bits per heavy atom. The average molecular weight is 849 g/mol. The minimum atomic E-state index is -0.761. The largest absolute Gasteiger partial charge is 0.462 e. The van der Waals surface area contributed by atoms with E-state index in [-0.39, 0.29) is 31.1 Å². The lowest BCUT2D eigenvalue weighted by molar-refractivity contribution is -0.167. The van der Waals surface area contributed by atoms with E-state index in [0.717, 1.165) is 63.7 Å². The number of carbonyl (C=O) groups excluding carboxylic acids is 3. The van der Waals surface area contributed by atoms with Crippen LogP contribution in [0, 0.1) is 5.92 Å². The summed E-state index contributed by atoms with van der Waals surface area (Å²) in [6.07, 6.45) is 51.0. The number of carbonyl (C=O) groups is 3. The van der Waals surface area contributed by atoms with E-state index in [4.69, 9.17) is 14.2 Å². The smallest absolute Gasteiger partial charge is 0.306 e. The number of esters is 3. The summed E-state index contributed by atoms with van der Waals surface area (Å²) >= 11 is 0. The highest BCUT2D eigenvalue weighted by atomic mass is 16.6. The van der Waals surface area contributed by atoms with Crippen LogP contribution >= 0.6 is 0 Å². The molecule has 0 unspecified atom stereocenters. The Hall–Kier alpha value is -1.59. The highest BCUT2D eigenvalue weighted by Gasteiger charge is 2.19. The zero-order valence-corrected chi connectivity index (χ0v) is 40.9. The van der Waals surface area contributed by atoms with Gasteiger partial charge in [-0.05, 0) is 25.2 Å². The number of unbranched alkanes of at least 4 members (excludes halogenated alkanes) is 36. The molecule has 1 atom stereocenters. The molecule has 0 rings (SSSR count). The van der Waals surface area contributed by atoms with Crippen LogP contribution in [0.5, 0.6) is 0 Å². The molecule has 0 heterocycles. The third-order valence-corrected chi connectivity index (χ3v) is 12.3. The highest BCUT2D eigenvalue weighted by molar-refractivity contribution is 5.71. The van der Waals surface area contributed by atoms with Crippen molar-refractivity contribution in [1.29, 1.82) is 0 Å². The van der Waals surface area contributed by atoms with Crippen molar-refractivity contribution < 1.29 is 28.6 Å². The zero-order valence-electron chi connectivity index (χ0n) is 40.9. The van der Waals surface area contributed by atoms with Gasteiger partial charge in [0, 0.05) is 19.3 Å². The van der Waals surface area contributed by atoms with Crippen molar-refractivity contribution in [2.24, 2.45) is 5.92 Å². The van der Waals surface area contributed by atoms with Gasteiger partial charge < -0.3 is 14.2 Å². The van der Waals surface area contributed by atoms with Gasteiger partial charge >= 0.3 is 17.9 Å². The maximum absolute atomic E-state index is 12.8. The molecule has 0 saturated carbocycles. The lowest BCUT2D eigenvalue weighted by atomic mass is 10.0. The minimum absolute atomic E-state index is 0.0631. The molecule has 0 aliphatic rings. The average Bonchev–Trinajstić information content (AvgIpc) is 3.23. The van der Waals surface area contributed by atoms with Crippen molar-refractivity contribution in [3.05, 3.63) is 0 Å². The molecule has 356 valence electrons. The van der Waals surface area contributed by atoms with Gasteiger partial charge in [-0.2, -0.15) is 0 Å². The Morgan fingerprint density at radius 3 is 0.817 bits per heavy atom. The maximum Gasteiger partial charge on any atom is 0.306 e. The van der Waals surface area contributed by atoms with Gasteiger partial charge in [-0.15, -0.1) is 0 Å². The van der Waals surface area contributed by atoms with Crippen LogP contribution in [0.1, 0.15) is 304 Å². The molecule has 0 fully saturated rings. The molecule has 6 heteroatoms. The predicted octanol–water partition coefficient (Wildman–Crippen LogP) is 17.5. The standard InChI is InChI=1S/C54H104O6/c1-5-7-9-11-13-15-17-19-21-22-23-24-26-28-30-34-39-43-47-54(57)60-51(49-59-53(56)46-42-38-35-31-32-36-40-44-50(3)4)48-58-52(55)45-41-37-33-29-27-25-20-18-16-14-12-10-8-6-2/h50-51H,5-49H2,1-4H3/t51-/m0/s1. The van der Waals surface area contributed by atoms with E-state index in [1.165, 1.54) is 199 Å². The molecule has 0 aromatic carbocycles. The SMILES string of the molecule is CCCCCCCCCCCCCCCCCCCCC(=O)O[C@@H](COC(=O)CCCCCCCCCCCCCCCC)COC(=O)CCCCCCCCCC(C)C. The van der Waals surface area contributed by atoms with E-state index in [1.807, 2.05) is 0 Å². The van der Waals surface area contributed by atoms with E-state index >= 15 is 0 Å². The molecular formula is C54H104O6. The molecule has 0 aromatic heterocycles. The first-order chi connectivity index (χ1) is 29.4. The van der Waals surface area contributed by atoms with E-state index < -0.39 is 6.10 Å². The first-order valence-corrected chi connectivity index (χ1v) is 26.9. The third-order valence-electron chi connectivity index (χ3n) is 12.3. The summed E-state index contributed by atoms with van der Waals surface area (Å²) in [5, 5.41) is 0. The van der Waals surface area contributed by atoms with Gasteiger partial charge in [0.1, 0.15) is 13.2 Å². The molecule has 0 aliphatic carbocycles. The van der Waals surface area contributed by atoms with Crippen molar-refractivity contribution in [2.75, 3.05) is 13.2 Å². The lowest BCUT2D eigenvalue weighted by Crippen LogP contribution is -2.30. The second-order valence-corrected chi connectivity index (χ2v) is 19.0. The highest BCUT2D eigenvalue weighted by Crippen LogP contribution is 2.17. The quantitative estimate of drug-likeness (QED) is 0.0345. The van der Waals surface area contributed by atoms with Crippen molar-refractivity contribution in [3.8, 4) is 0 Å². The van der Waals surface area contributed by atoms with E-state index in [9.17, 15) is 14.4 Å². The summed E-state index contributed by atoms with van der Waals surface area (Å²) in [7, 11) is 0. The predicted molar refractivity (Wildman–Crippen MR) is 257 cm³/mol.